The van der Waals surface area contributed by atoms with Crippen molar-refractivity contribution in [3.63, 3.8) is 0 Å². The van der Waals surface area contributed by atoms with Gasteiger partial charge in [0, 0.05) is 44.9 Å². The zero-order valence-electron chi connectivity index (χ0n) is 15.9. The molecule has 1 atom stereocenters. The molecule has 2 aromatic rings. The molecule has 0 N–H and O–H groups in total. The fraction of sp³-hybridized carbons (Fsp3) is 0.600. The van der Waals surface area contributed by atoms with Crippen LogP contribution in [0.2, 0.25) is 0 Å². The van der Waals surface area contributed by atoms with E-state index in [9.17, 15) is 4.79 Å². The van der Waals surface area contributed by atoms with E-state index in [4.69, 9.17) is 0 Å². The van der Waals surface area contributed by atoms with Gasteiger partial charge in [0.2, 0.25) is 5.91 Å². The number of nitrogens with zero attached hydrogens (tertiary/aromatic N) is 4. The average molecular weight is 373 g/mol. The third kappa shape index (κ3) is 3.45. The number of carbonyl (C=O) groups excluding carboxylic acids is 1. The molecule has 2 fully saturated rings. The standard InChI is InChI=1S/C20H28N4OS/c1-15-18(12-22(3)21-15)13-23-7-5-20(6-8-23)10-19(20)24(16(2)25)11-17-4-9-26-14-17/h4,9,12,14,19H,5-8,10-11,13H2,1-3H3/t19-/m1/s1. The molecular weight excluding hydrogens is 344 g/mol. The number of hydrogen-bond donors (Lipinski definition) is 0. The fourth-order valence-corrected chi connectivity index (χ4v) is 5.19. The third-order valence-electron chi connectivity index (χ3n) is 6.22. The van der Waals surface area contributed by atoms with Crippen LogP contribution in [0.4, 0.5) is 0 Å². The number of aromatic nitrogens is 2. The minimum absolute atomic E-state index is 0.214. The molecule has 140 valence electrons. The highest BCUT2D eigenvalue weighted by Crippen LogP contribution is 2.57. The van der Waals surface area contributed by atoms with Crippen LogP contribution in [0.25, 0.3) is 0 Å². The van der Waals surface area contributed by atoms with Gasteiger partial charge in [0.15, 0.2) is 0 Å². The highest BCUT2D eigenvalue weighted by Gasteiger charge is 2.58. The largest absolute Gasteiger partial charge is 0.335 e. The Bertz CT molecular complexity index is 774. The number of thiophene rings is 1. The van der Waals surface area contributed by atoms with Crippen LogP contribution in [0.15, 0.2) is 23.0 Å². The molecule has 5 nitrogen and oxygen atoms in total. The molecule has 26 heavy (non-hydrogen) atoms. The van der Waals surface area contributed by atoms with Crippen LogP contribution >= 0.6 is 11.3 Å². The molecule has 0 bridgehead atoms. The van der Waals surface area contributed by atoms with E-state index in [0.29, 0.717) is 11.5 Å². The first-order valence-corrected chi connectivity index (χ1v) is 10.4. The van der Waals surface area contributed by atoms with Gasteiger partial charge in [0.1, 0.15) is 0 Å². The monoisotopic (exact) mass is 372 g/mol. The summed E-state index contributed by atoms with van der Waals surface area (Å²) in [6.07, 6.45) is 5.71. The summed E-state index contributed by atoms with van der Waals surface area (Å²) in [4.78, 5) is 16.9. The molecule has 6 heteroatoms. The molecule has 0 unspecified atom stereocenters. The van der Waals surface area contributed by atoms with Crippen molar-refractivity contribution in [3.8, 4) is 0 Å². The van der Waals surface area contributed by atoms with Gasteiger partial charge in [-0.25, -0.2) is 0 Å². The van der Waals surface area contributed by atoms with E-state index in [1.165, 1.54) is 30.4 Å². The van der Waals surface area contributed by atoms with Gasteiger partial charge < -0.3 is 4.90 Å². The maximum atomic E-state index is 12.2. The van der Waals surface area contributed by atoms with Crippen LogP contribution in [0, 0.1) is 12.3 Å². The van der Waals surface area contributed by atoms with Crippen molar-refractivity contribution in [2.24, 2.45) is 12.5 Å². The second kappa shape index (κ2) is 6.82. The van der Waals surface area contributed by atoms with Crippen molar-refractivity contribution in [3.05, 3.63) is 39.8 Å². The predicted molar refractivity (Wildman–Crippen MR) is 104 cm³/mol. The second-order valence-electron chi connectivity index (χ2n) is 8.05. The SMILES string of the molecule is CC(=O)N(Cc1ccsc1)[C@@H]1CC12CCN(Cc1cn(C)nc1C)CC2. The molecule has 0 radical (unpaired) electrons. The summed E-state index contributed by atoms with van der Waals surface area (Å²) in [6, 6.07) is 2.57. The van der Waals surface area contributed by atoms with Crippen LogP contribution in [0.1, 0.15) is 43.0 Å². The Hall–Kier alpha value is -1.66. The number of piperidine rings is 1. The summed E-state index contributed by atoms with van der Waals surface area (Å²) in [6.45, 7) is 7.81. The molecule has 3 heterocycles. The summed E-state index contributed by atoms with van der Waals surface area (Å²) in [5, 5.41) is 8.70. The Morgan fingerprint density at radius 2 is 2.19 bits per heavy atom. The van der Waals surface area contributed by atoms with Crippen LogP contribution in [-0.4, -0.2) is 44.6 Å². The lowest BCUT2D eigenvalue weighted by Crippen LogP contribution is -2.39. The number of aryl methyl sites for hydroxylation is 2. The third-order valence-corrected chi connectivity index (χ3v) is 6.95. The Morgan fingerprint density at radius 1 is 1.42 bits per heavy atom. The Kier molecular flexibility index (Phi) is 4.65. The van der Waals surface area contributed by atoms with Gasteiger partial charge >= 0.3 is 0 Å². The lowest BCUT2D eigenvalue weighted by molar-refractivity contribution is -0.130. The van der Waals surface area contributed by atoms with Crippen molar-refractivity contribution in [2.45, 2.75) is 52.2 Å². The lowest BCUT2D eigenvalue weighted by Gasteiger charge is -2.34. The second-order valence-corrected chi connectivity index (χ2v) is 8.83. The van der Waals surface area contributed by atoms with E-state index < -0.39 is 0 Å². The average Bonchev–Trinajstić information content (AvgIpc) is 2.93. The summed E-state index contributed by atoms with van der Waals surface area (Å²) < 4.78 is 1.90. The molecule has 1 aliphatic heterocycles. The molecule has 1 aliphatic carbocycles. The number of carbonyl (C=O) groups is 1. The molecule has 4 rings (SSSR count). The van der Waals surface area contributed by atoms with Gasteiger partial charge in [-0.2, -0.15) is 16.4 Å². The normalized spacial score (nSPS) is 21.9. The Labute approximate surface area is 159 Å². The molecule has 1 spiro atoms. The quantitative estimate of drug-likeness (QED) is 0.809. The summed E-state index contributed by atoms with van der Waals surface area (Å²) >= 11 is 1.71. The van der Waals surface area contributed by atoms with Gasteiger partial charge in [0.25, 0.3) is 0 Å². The number of hydrogen-bond acceptors (Lipinski definition) is 4. The number of rotatable bonds is 5. The number of amides is 1. The van der Waals surface area contributed by atoms with E-state index in [1.807, 2.05) is 11.7 Å². The molecule has 2 aromatic heterocycles. The lowest BCUT2D eigenvalue weighted by atomic mass is 9.92. The van der Waals surface area contributed by atoms with Crippen LogP contribution in [0.5, 0.6) is 0 Å². The van der Waals surface area contributed by atoms with Crippen molar-refractivity contribution >= 4 is 17.2 Å². The van der Waals surface area contributed by atoms with E-state index in [1.54, 1.807) is 18.3 Å². The maximum absolute atomic E-state index is 12.2. The van der Waals surface area contributed by atoms with Gasteiger partial charge in [0.05, 0.1) is 5.69 Å². The van der Waals surface area contributed by atoms with E-state index in [-0.39, 0.29) is 5.91 Å². The maximum Gasteiger partial charge on any atom is 0.220 e. The summed E-state index contributed by atoms with van der Waals surface area (Å²) in [5.74, 6) is 0.214. The van der Waals surface area contributed by atoms with Gasteiger partial charge in [-0.1, -0.05) is 0 Å². The van der Waals surface area contributed by atoms with Crippen LogP contribution in [0.3, 0.4) is 0 Å². The topological polar surface area (TPSA) is 41.4 Å². The van der Waals surface area contributed by atoms with Crippen molar-refractivity contribution in [1.29, 1.82) is 0 Å². The smallest absolute Gasteiger partial charge is 0.220 e. The van der Waals surface area contributed by atoms with Crippen LogP contribution < -0.4 is 0 Å². The van der Waals surface area contributed by atoms with E-state index in [2.05, 4.69) is 44.8 Å². The highest BCUT2D eigenvalue weighted by molar-refractivity contribution is 7.07. The van der Waals surface area contributed by atoms with Crippen molar-refractivity contribution < 1.29 is 4.79 Å². The minimum Gasteiger partial charge on any atom is -0.335 e. The number of likely N-dealkylation sites (tertiary alicyclic amines) is 1. The molecule has 1 saturated carbocycles. The summed E-state index contributed by atoms with van der Waals surface area (Å²) in [5.41, 5.74) is 4.09. The molecule has 2 aliphatic rings. The molecule has 1 saturated heterocycles. The molecular formula is C20H28N4OS. The fourth-order valence-electron chi connectivity index (χ4n) is 4.53. The first kappa shape index (κ1) is 17.7. The van der Waals surface area contributed by atoms with Gasteiger partial charge in [-0.05, 0) is 67.1 Å². The minimum atomic E-state index is 0.214. The van der Waals surface area contributed by atoms with Gasteiger partial charge in [-0.15, -0.1) is 0 Å². The summed E-state index contributed by atoms with van der Waals surface area (Å²) in [7, 11) is 1.99. The van der Waals surface area contributed by atoms with Crippen molar-refractivity contribution in [1.82, 2.24) is 19.6 Å². The first-order valence-electron chi connectivity index (χ1n) is 9.47. The predicted octanol–water partition coefficient (Wildman–Crippen LogP) is 3.19. The zero-order chi connectivity index (χ0) is 18.3. The Balaban J connectivity index is 1.35. The van der Waals surface area contributed by atoms with Gasteiger partial charge in [-0.3, -0.25) is 14.4 Å². The Morgan fingerprint density at radius 3 is 2.77 bits per heavy atom. The first-order chi connectivity index (χ1) is 12.5. The molecule has 0 aromatic carbocycles. The van der Waals surface area contributed by atoms with Crippen molar-refractivity contribution in [2.75, 3.05) is 13.1 Å². The van der Waals surface area contributed by atoms with Crippen LogP contribution in [-0.2, 0) is 24.9 Å². The molecule has 1 amide bonds. The zero-order valence-corrected chi connectivity index (χ0v) is 16.8. The van der Waals surface area contributed by atoms with E-state index in [0.717, 1.165) is 31.9 Å². The highest BCUT2D eigenvalue weighted by atomic mass is 32.1. The van der Waals surface area contributed by atoms with E-state index >= 15 is 0 Å².